The van der Waals surface area contributed by atoms with Gasteiger partial charge in [-0.1, -0.05) is 47.1 Å². The van der Waals surface area contributed by atoms with Gasteiger partial charge in [0.25, 0.3) is 0 Å². The molecule has 29 heavy (non-hydrogen) atoms. The number of pyridine rings is 1. The fraction of sp³-hybridized carbons (Fsp3) is 0.0500. The van der Waals surface area contributed by atoms with Gasteiger partial charge in [-0.25, -0.2) is 14.4 Å². The van der Waals surface area contributed by atoms with Crippen LogP contribution in [-0.2, 0) is 0 Å². The predicted molar refractivity (Wildman–Crippen MR) is 108 cm³/mol. The molecule has 9 heteroatoms. The van der Waals surface area contributed by atoms with Crippen LogP contribution in [0.15, 0.2) is 65.9 Å². The molecule has 0 amide bonds. The molecule has 2 aromatic heterocycles. The second-order valence-electron chi connectivity index (χ2n) is 6.19. The Balaban J connectivity index is 1.71. The van der Waals surface area contributed by atoms with Crippen LogP contribution in [0.3, 0.4) is 0 Å². The van der Waals surface area contributed by atoms with E-state index in [1.54, 1.807) is 18.2 Å². The van der Waals surface area contributed by atoms with Gasteiger partial charge < -0.3 is 20.6 Å². The van der Waals surface area contributed by atoms with Crippen molar-refractivity contribution >= 4 is 34.3 Å². The molecule has 7 nitrogen and oxygen atoms in total. The molecule has 1 unspecified atom stereocenters. The maximum absolute atomic E-state index is 13.4. The van der Waals surface area contributed by atoms with E-state index in [1.165, 1.54) is 24.4 Å². The molecule has 4 aromatic rings. The zero-order valence-electron chi connectivity index (χ0n) is 14.8. The lowest BCUT2D eigenvalue weighted by atomic mass is 10.1. The first-order valence-electron chi connectivity index (χ1n) is 8.59. The Labute approximate surface area is 169 Å². The molecule has 0 spiro atoms. The summed E-state index contributed by atoms with van der Waals surface area (Å²) in [5.41, 5.74) is 2.36. The van der Waals surface area contributed by atoms with Crippen molar-refractivity contribution in [2.45, 2.75) is 6.10 Å². The predicted octanol–water partition coefficient (Wildman–Crippen LogP) is 4.08. The largest absolute Gasteiger partial charge is 0.409 e. The summed E-state index contributed by atoms with van der Waals surface area (Å²) in [5.74, 6) is -0.183. The molecule has 4 rings (SSSR count). The highest BCUT2D eigenvalue weighted by Gasteiger charge is 2.19. The first kappa shape index (κ1) is 18.9. The van der Waals surface area contributed by atoms with Crippen molar-refractivity contribution in [3.63, 3.8) is 0 Å². The van der Waals surface area contributed by atoms with Gasteiger partial charge in [-0.15, -0.1) is 0 Å². The van der Waals surface area contributed by atoms with Gasteiger partial charge >= 0.3 is 0 Å². The van der Waals surface area contributed by atoms with E-state index in [9.17, 15) is 14.7 Å². The standard InChI is InChI=1S/C20H15ClFN5O2/c21-14-10-12(6-7-15(14)22)24-18(27-29)13-8-9-23-19-16(13)25-20(26-19)17(28)11-4-2-1-3-5-11/h1-10,17,28-29H,(H,24,27)(H,23,25,26). The van der Waals surface area contributed by atoms with E-state index in [4.69, 9.17) is 11.6 Å². The fourth-order valence-electron chi connectivity index (χ4n) is 2.91. The summed E-state index contributed by atoms with van der Waals surface area (Å²) in [6.07, 6.45) is 0.526. The van der Waals surface area contributed by atoms with E-state index < -0.39 is 11.9 Å². The van der Waals surface area contributed by atoms with E-state index in [-0.39, 0.29) is 10.9 Å². The lowest BCUT2D eigenvalue weighted by Crippen LogP contribution is -2.14. The molecule has 2 aromatic carbocycles. The highest BCUT2D eigenvalue weighted by Crippen LogP contribution is 2.24. The van der Waals surface area contributed by atoms with Gasteiger partial charge in [0.2, 0.25) is 0 Å². The summed E-state index contributed by atoms with van der Waals surface area (Å²) in [5, 5.41) is 26.3. The number of nitrogens with zero attached hydrogens (tertiary/aromatic N) is 3. The summed E-state index contributed by atoms with van der Waals surface area (Å²) in [7, 11) is 0. The van der Waals surface area contributed by atoms with Crippen molar-refractivity contribution in [3.8, 4) is 0 Å². The molecule has 0 saturated heterocycles. The molecule has 0 aliphatic heterocycles. The van der Waals surface area contributed by atoms with Crippen LogP contribution in [0.5, 0.6) is 0 Å². The molecule has 0 radical (unpaired) electrons. The maximum atomic E-state index is 13.4. The fourth-order valence-corrected chi connectivity index (χ4v) is 3.09. The number of halogens is 2. The molecule has 1 atom stereocenters. The number of aliphatic hydroxyl groups is 1. The number of rotatable bonds is 4. The number of aliphatic hydroxyl groups excluding tert-OH is 1. The molecule has 4 N–H and O–H groups in total. The van der Waals surface area contributed by atoms with Crippen molar-refractivity contribution in [2.24, 2.45) is 5.16 Å². The monoisotopic (exact) mass is 411 g/mol. The normalized spacial score (nSPS) is 12.9. The third-order valence-electron chi connectivity index (χ3n) is 4.32. The number of aromatic amines is 1. The summed E-state index contributed by atoms with van der Waals surface area (Å²) in [4.78, 5) is 11.6. The first-order chi connectivity index (χ1) is 14.1. The van der Waals surface area contributed by atoms with Crippen molar-refractivity contribution in [1.82, 2.24) is 15.0 Å². The second kappa shape index (κ2) is 7.86. The van der Waals surface area contributed by atoms with Crippen LogP contribution >= 0.6 is 11.6 Å². The highest BCUT2D eigenvalue weighted by molar-refractivity contribution is 6.31. The Morgan fingerprint density at radius 1 is 1.17 bits per heavy atom. The molecule has 0 saturated carbocycles. The van der Waals surface area contributed by atoms with Gasteiger partial charge in [0.05, 0.1) is 10.5 Å². The van der Waals surface area contributed by atoms with E-state index in [0.717, 1.165) is 0 Å². The first-order valence-corrected chi connectivity index (χ1v) is 8.96. The van der Waals surface area contributed by atoms with Crippen molar-refractivity contribution in [2.75, 3.05) is 5.32 Å². The summed E-state index contributed by atoms with van der Waals surface area (Å²) in [6.45, 7) is 0. The zero-order chi connectivity index (χ0) is 20.4. The topological polar surface area (TPSA) is 106 Å². The van der Waals surface area contributed by atoms with Crippen LogP contribution in [0, 0.1) is 5.82 Å². The van der Waals surface area contributed by atoms with Gasteiger partial charge in [0, 0.05) is 17.4 Å². The SMILES string of the molecule is O/N=C(\Nc1ccc(F)c(Cl)c1)c1ccnc2nc(C(O)c3ccccc3)[nH]c12. The molecule has 0 aliphatic rings. The smallest absolute Gasteiger partial charge is 0.179 e. The Morgan fingerprint density at radius 2 is 1.97 bits per heavy atom. The van der Waals surface area contributed by atoms with Crippen LogP contribution in [0.4, 0.5) is 10.1 Å². The van der Waals surface area contributed by atoms with Gasteiger partial charge in [0.1, 0.15) is 17.7 Å². The van der Waals surface area contributed by atoms with Crippen LogP contribution in [0.1, 0.15) is 23.1 Å². The number of hydrogen-bond donors (Lipinski definition) is 4. The van der Waals surface area contributed by atoms with E-state index in [1.807, 2.05) is 18.2 Å². The summed E-state index contributed by atoms with van der Waals surface area (Å²) in [6, 6.07) is 14.7. The number of oxime groups is 1. The maximum Gasteiger partial charge on any atom is 0.179 e. The van der Waals surface area contributed by atoms with Crippen LogP contribution in [0.25, 0.3) is 11.2 Å². The molecule has 0 fully saturated rings. The van der Waals surface area contributed by atoms with Crippen molar-refractivity contribution < 1.29 is 14.7 Å². The number of anilines is 1. The summed E-state index contributed by atoms with van der Waals surface area (Å²) < 4.78 is 13.4. The minimum Gasteiger partial charge on any atom is -0.409 e. The van der Waals surface area contributed by atoms with Crippen LogP contribution < -0.4 is 5.32 Å². The molecular formula is C20H15ClFN5O2. The van der Waals surface area contributed by atoms with Crippen LogP contribution in [0.2, 0.25) is 5.02 Å². The molecular weight excluding hydrogens is 397 g/mol. The Bertz CT molecular complexity index is 1200. The van der Waals surface area contributed by atoms with Gasteiger partial charge in [-0.3, -0.25) is 0 Å². The van der Waals surface area contributed by atoms with Crippen molar-refractivity contribution in [3.05, 3.63) is 88.6 Å². The van der Waals surface area contributed by atoms with E-state index >= 15 is 0 Å². The quantitative estimate of drug-likeness (QED) is 0.175. The minimum atomic E-state index is -0.975. The van der Waals surface area contributed by atoms with Gasteiger partial charge in [-0.05, 0) is 29.8 Å². The van der Waals surface area contributed by atoms with Crippen molar-refractivity contribution in [1.29, 1.82) is 0 Å². The number of hydrogen-bond acceptors (Lipinski definition) is 5. The molecule has 0 aliphatic carbocycles. The number of nitrogens with one attached hydrogen (secondary N) is 2. The molecule has 146 valence electrons. The number of imidazole rings is 1. The number of benzene rings is 2. The Morgan fingerprint density at radius 3 is 2.69 bits per heavy atom. The third kappa shape index (κ3) is 3.75. The Hall–Kier alpha value is -3.49. The Kier molecular flexibility index (Phi) is 5.11. The highest BCUT2D eigenvalue weighted by atomic mass is 35.5. The number of fused-ring (bicyclic) bond motifs is 1. The molecule has 2 heterocycles. The van der Waals surface area contributed by atoms with Gasteiger partial charge in [0.15, 0.2) is 11.5 Å². The number of amidine groups is 1. The molecule has 0 bridgehead atoms. The lowest BCUT2D eigenvalue weighted by Gasteiger charge is -2.10. The van der Waals surface area contributed by atoms with E-state index in [0.29, 0.717) is 33.8 Å². The number of aromatic nitrogens is 3. The lowest BCUT2D eigenvalue weighted by molar-refractivity contribution is 0.211. The zero-order valence-corrected chi connectivity index (χ0v) is 15.6. The summed E-state index contributed by atoms with van der Waals surface area (Å²) >= 11 is 5.81. The third-order valence-corrected chi connectivity index (χ3v) is 4.61. The van der Waals surface area contributed by atoms with Crippen LogP contribution in [-0.4, -0.2) is 31.1 Å². The van der Waals surface area contributed by atoms with E-state index in [2.05, 4.69) is 25.4 Å². The number of H-pyrrole nitrogens is 1. The average molecular weight is 412 g/mol. The minimum absolute atomic E-state index is 0.0676. The average Bonchev–Trinajstić information content (AvgIpc) is 3.19. The van der Waals surface area contributed by atoms with Gasteiger partial charge in [-0.2, -0.15) is 0 Å². The second-order valence-corrected chi connectivity index (χ2v) is 6.60.